The van der Waals surface area contributed by atoms with E-state index in [1.54, 1.807) is 6.26 Å². The number of hydrogen-bond donors (Lipinski definition) is 2. The fraction of sp³-hybridized carbons (Fsp3) is 0.304. The number of nitrogens with one attached hydrogen (secondary N) is 1. The van der Waals surface area contributed by atoms with Crippen molar-refractivity contribution in [3.63, 3.8) is 0 Å². The van der Waals surface area contributed by atoms with E-state index in [4.69, 9.17) is 10.5 Å². The van der Waals surface area contributed by atoms with Crippen molar-refractivity contribution in [2.45, 2.75) is 18.8 Å². The highest BCUT2D eigenvalue weighted by molar-refractivity contribution is 8.13. The molecule has 0 bridgehead atoms. The molecule has 176 valence electrons. The van der Waals surface area contributed by atoms with Crippen LogP contribution in [-0.4, -0.2) is 42.5 Å². The van der Waals surface area contributed by atoms with E-state index < -0.39 is 23.8 Å². The summed E-state index contributed by atoms with van der Waals surface area (Å²) >= 11 is 1.18. The lowest BCUT2D eigenvalue weighted by Crippen LogP contribution is -2.36. The average molecular weight is 479 g/mol. The molecule has 0 aromatic heterocycles. The Hall–Kier alpha value is -2.98. The van der Waals surface area contributed by atoms with Gasteiger partial charge in [-0.2, -0.15) is 13.2 Å². The standard InChI is InChI=1S/C23H25F3N4O2S/c1-30(14-15-8-4-3-5-9-15)12-13-32-21(31)18-19(28-22(33-2)29-20(18)27)16-10-6-7-11-17(16)23(24,25)26/h3-11,19H,12-14,27H2,1-2H3,(H,28,29). The third-order valence-corrected chi connectivity index (χ3v) is 5.62. The molecule has 1 unspecified atom stereocenters. The molecule has 3 rings (SSSR count). The van der Waals surface area contributed by atoms with E-state index in [1.165, 1.54) is 30.0 Å². The lowest BCUT2D eigenvalue weighted by atomic mass is 9.93. The van der Waals surface area contributed by atoms with Crippen LogP contribution in [0.3, 0.4) is 0 Å². The van der Waals surface area contributed by atoms with Crippen LogP contribution < -0.4 is 11.1 Å². The number of rotatable bonds is 7. The number of amidine groups is 1. The monoisotopic (exact) mass is 478 g/mol. The van der Waals surface area contributed by atoms with Crippen LogP contribution in [0, 0.1) is 0 Å². The maximum absolute atomic E-state index is 13.6. The summed E-state index contributed by atoms with van der Waals surface area (Å²) in [5, 5.41) is 3.08. The molecule has 1 atom stereocenters. The fourth-order valence-electron chi connectivity index (χ4n) is 3.43. The number of carbonyl (C=O) groups excluding carboxylic acids is 1. The molecule has 0 saturated heterocycles. The van der Waals surface area contributed by atoms with Gasteiger partial charge in [0.05, 0.1) is 5.56 Å². The SMILES string of the molecule is CSC1=NC(c2ccccc2C(F)(F)F)C(C(=O)OCCN(C)Cc2ccccc2)=C(N)N1. The van der Waals surface area contributed by atoms with Gasteiger partial charge in [-0.05, 0) is 30.5 Å². The number of aliphatic imine (C=N–C) groups is 1. The molecule has 2 aromatic rings. The van der Waals surface area contributed by atoms with Gasteiger partial charge >= 0.3 is 12.1 Å². The summed E-state index contributed by atoms with van der Waals surface area (Å²) in [6.07, 6.45) is -2.90. The van der Waals surface area contributed by atoms with Gasteiger partial charge in [0.2, 0.25) is 0 Å². The number of carbonyl (C=O) groups is 1. The molecule has 1 aliphatic heterocycles. The largest absolute Gasteiger partial charge is 0.461 e. The first-order chi connectivity index (χ1) is 15.7. The Morgan fingerprint density at radius 3 is 2.52 bits per heavy atom. The van der Waals surface area contributed by atoms with Crippen molar-refractivity contribution in [2.24, 2.45) is 10.7 Å². The average Bonchev–Trinajstić information content (AvgIpc) is 2.78. The maximum Gasteiger partial charge on any atom is 0.416 e. The number of hydrogen-bond acceptors (Lipinski definition) is 7. The van der Waals surface area contributed by atoms with Gasteiger partial charge in [-0.25, -0.2) is 9.79 Å². The molecule has 0 radical (unpaired) electrons. The van der Waals surface area contributed by atoms with Gasteiger partial charge in [-0.15, -0.1) is 0 Å². The summed E-state index contributed by atoms with van der Waals surface area (Å²) in [7, 11) is 1.88. The van der Waals surface area contributed by atoms with Gasteiger partial charge in [0.25, 0.3) is 0 Å². The molecule has 6 nitrogen and oxygen atoms in total. The minimum absolute atomic E-state index is 0.0473. The van der Waals surface area contributed by atoms with Crippen LogP contribution in [0.5, 0.6) is 0 Å². The van der Waals surface area contributed by atoms with Crippen LogP contribution in [0.1, 0.15) is 22.7 Å². The number of halogens is 3. The molecule has 0 fully saturated rings. The van der Waals surface area contributed by atoms with Crippen LogP contribution in [0.4, 0.5) is 13.2 Å². The van der Waals surface area contributed by atoms with Crippen LogP contribution in [0.25, 0.3) is 0 Å². The Labute approximate surface area is 194 Å². The molecular weight excluding hydrogens is 453 g/mol. The van der Waals surface area contributed by atoms with Gasteiger partial charge in [-0.1, -0.05) is 60.3 Å². The first-order valence-electron chi connectivity index (χ1n) is 10.1. The van der Waals surface area contributed by atoms with Gasteiger partial charge in [-0.3, -0.25) is 4.90 Å². The molecule has 33 heavy (non-hydrogen) atoms. The zero-order valence-corrected chi connectivity index (χ0v) is 19.0. The van der Waals surface area contributed by atoms with Gasteiger partial charge in [0.1, 0.15) is 24.0 Å². The van der Waals surface area contributed by atoms with E-state index in [0.29, 0.717) is 18.3 Å². The fourth-order valence-corrected chi connectivity index (χ4v) is 3.86. The third-order valence-electron chi connectivity index (χ3n) is 5.03. The number of ether oxygens (including phenoxy) is 1. The minimum Gasteiger partial charge on any atom is -0.461 e. The van der Waals surface area contributed by atoms with Gasteiger partial charge in [0, 0.05) is 13.1 Å². The second kappa shape index (κ2) is 10.8. The molecule has 1 aliphatic rings. The number of likely N-dealkylation sites (N-methyl/N-ethyl adjacent to an activating group) is 1. The molecule has 1 heterocycles. The van der Waals surface area contributed by atoms with Crippen LogP contribution in [0.15, 0.2) is 71.0 Å². The van der Waals surface area contributed by atoms with Crippen molar-refractivity contribution in [1.29, 1.82) is 0 Å². The normalized spacial score (nSPS) is 16.4. The molecular formula is C23H25F3N4O2S. The predicted molar refractivity (Wildman–Crippen MR) is 123 cm³/mol. The van der Waals surface area contributed by atoms with E-state index in [9.17, 15) is 18.0 Å². The smallest absolute Gasteiger partial charge is 0.416 e. The Balaban J connectivity index is 1.76. The van der Waals surface area contributed by atoms with Crippen molar-refractivity contribution in [3.8, 4) is 0 Å². The predicted octanol–water partition coefficient (Wildman–Crippen LogP) is 3.91. The Morgan fingerprint density at radius 1 is 1.18 bits per heavy atom. The number of thioether (sulfide) groups is 1. The second-order valence-electron chi connectivity index (χ2n) is 7.44. The summed E-state index contributed by atoms with van der Waals surface area (Å²) in [6.45, 7) is 1.14. The second-order valence-corrected chi connectivity index (χ2v) is 8.23. The number of esters is 1. The summed E-state index contributed by atoms with van der Waals surface area (Å²) in [5.41, 5.74) is 5.98. The quantitative estimate of drug-likeness (QED) is 0.588. The maximum atomic E-state index is 13.6. The van der Waals surface area contributed by atoms with Gasteiger partial charge < -0.3 is 15.8 Å². The summed E-state index contributed by atoms with van der Waals surface area (Å²) in [6, 6.07) is 13.6. The van der Waals surface area contributed by atoms with Gasteiger partial charge in [0.15, 0.2) is 5.17 Å². The van der Waals surface area contributed by atoms with Crippen molar-refractivity contribution >= 4 is 22.9 Å². The third kappa shape index (κ3) is 6.29. The van der Waals surface area contributed by atoms with Crippen LogP contribution >= 0.6 is 11.8 Å². The number of nitrogens with two attached hydrogens (primary N) is 1. The summed E-state index contributed by atoms with van der Waals surface area (Å²) < 4.78 is 46.3. The molecule has 0 saturated carbocycles. The van der Waals surface area contributed by atoms with E-state index in [0.717, 1.165) is 11.6 Å². The highest BCUT2D eigenvalue weighted by Gasteiger charge is 2.39. The molecule has 3 N–H and O–H groups in total. The molecule has 10 heteroatoms. The van der Waals surface area contributed by atoms with Crippen molar-refractivity contribution in [3.05, 3.63) is 82.7 Å². The van der Waals surface area contributed by atoms with Crippen molar-refractivity contribution in [1.82, 2.24) is 10.2 Å². The lowest BCUT2D eigenvalue weighted by Gasteiger charge is -2.27. The topological polar surface area (TPSA) is 80.0 Å². The molecule has 2 aromatic carbocycles. The summed E-state index contributed by atoms with van der Waals surface area (Å²) in [5.74, 6) is -0.877. The van der Waals surface area contributed by atoms with Crippen LogP contribution in [0.2, 0.25) is 0 Å². The zero-order valence-electron chi connectivity index (χ0n) is 18.2. The van der Waals surface area contributed by atoms with E-state index in [1.807, 2.05) is 42.3 Å². The molecule has 0 spiro atoms. The lowest BCUT2D eigenvalue weighted by molar-refractivity contribution is -0.141. The minimum atomic E-state index is -4.61. The number of benzene rings is 2. The first-order valence-corrected chi connectivity index (χ1v) is 11.4. The van der Waals surface area contributed by atoms with Crippen molar-refractivity contribution < 1.29 is 22.7 Å². The first kappa shape index (κ1) is 24.7. The Morgan fingerprint density at radius 2 is 1.85 bits per heavy atom. The van der Waals surface area contributed by atoms with Crippen molar-refractivity contribution in [2.75, 3.05) is 26.5 Å². The Bertz CT molecular complexity index is 1040. The molecule has 0 amide bonds. The van der Waals surface area contributed by atoms with E-state index >= 15 is 0 Å². The number of nitrogens with zero attached hydrogens (tertiary/aromatic N) is 2. The molecule has 0 aliphatic carbocycles. The highest BCUT2D eigenvalue weighted by atomic mass is 32.2. The Kier molecular flexibility index (Phi) is 8.04. The van der Waals surface area contributed by atoms with E-state index in [2.05, 4.69) is 10.3 Å². The summed E-state index contributed by atoms with van der Waals surface area (Å²) in [4.78, 5) is 19.2. The zero-order chi connectivity index (χ0) is 24.0. The number of alkyl halides is 3. The van der Waals surface area contributed by atoms with Crippen LogP contribution in [-0.2, 0) is 22.3 Å². The van der Waals surface area contributed by atoms with E-state index in [-0.39, 0.29) is 23.6 Å². The highest BCUT2D eigenvalue weighted by Crippen LogP contribution is 2.40.